The molecule has 0 aromatic heterocycles. The fraction of sp³-hybridized carbons (Fsp3) is 0.923. The van der Waals surface area contributed by atoms with Crippen LogP contribution < -0.4 is 11.1 Å². The number of carbonyl (C=O) groups is 1. The monoisotopic (exact) mass is 256 g/mol. The zero-order valence-electron chi connectivity index (χ0n) is 11.1. The van der Waals surface area contributed by atoms with E-state index in [9.17, 15) is 4.79 Å². The van der Waals surface area contributed by atoms with Crippen molar-refractivity contribution in [2.45, 2.75) is 56.7 Å². The number of nitrogens with two attached hydrogens (primary N) is 1. The van der Waals surface area contributed by atoms with Crippen LogP contribution in [0.3, 0.4) is 0 Å². The van der Waals surface area contributed by atoms with E-state index in [-0.39, 0.29) is 12.0 Å². The van der Waals surface area contributed by atoms with Gasteiger partial charge in [-0.25, -0.2) is 0 Å². The van der Waals surface area contributed by atoms with Crippen molar-refractivity contribution in [2.75, 3.05) is 19.8 Å². The zero-order chi connectivity index (χ0) is 13.0. The van der Waals surface area contributed by atoms with Crippen molar-refractivity contribution < 1.29 is 14.3 Å². The van der Waals surface area contributed by atoms with E-state index in [4.69, 9.17) is 15.2 Å². The summed E-state index contributed by atoms with van der Waals surface area (Å²) in [7, 11) is 0. The van der Waals surface area contributed by atoms with Crippen molar-refractivity contribution in [3.63, 3.8) is 0 Å². The Morgan fingerprint density at radius 1 is 1.39 bits per heavy atom. The predicted molar refractivity (Wildman–Crippen MR) is 68.2 cm³/mol. The number of carbonyl (C=O) groups excluding carboxylic acids is 1. The first-order valence-corrected chi connectivity index (χ1v) is 6.87. The summed E-state index contributed by atoms with van der Waals surface area (Å²) < 4.78 is 11.1. The minimum absolute atomic E-state index is 0.275. The van der Waals surface area contributed by atoms with E-state index < -0.39 is 5.54 Å². The maximum absolute atomic E-state index is 11.6. The topological polar surface area (TPSA) is 73.6 Å². The largest absolute Gasteiger partial charge is 0.381 e. The van der Waals surface area contributed by atoms with Crippen LogP contribution in [0.4, 0.5) is 0 Å². The molecule has 3 N–H and O–H groups in total. The molecular formula is C13H24N2O3. The summed E-state index contributed by atoms with van der Waals surface area (Å²) in [4.78, 5) is 11.6. The van der Waals surface area contributed by atoms with Gasteiger partial charge in [0.15, 0.2) is 0 Å². The third-order valence-corrected chi connectivity index (χ3v) is 3.77. The Balaban J connectivity index is 1.72. The van der Waals surface area contributed by atoms with Gasteiger partial charge in [-0.05, 0) is 39.0 Å². The third-order valence-electron chi connectivity index (χ3n) is 3.77. The van der Waals surface area contributed by atoms with E-state index in [1.54, 1.807) is 0 Å². The summed E-state index contributed by atoms with van der Waals surface area (Å²) in [6.07, 6.45) is 5.09. The summed E-state index contributed by atoms with van der Waals surface area (Å²) in [6.45, 7) is 4.00. The minimum Gasteiger partial charge on any atom is -0.381 e. The maximum atomic E-state index is 11.6. The molecule has 1 heterocycles. The number of rotatable bonds is 7. The molecule has 0 aromatic rings. The Hall–Kier alpha value is -0.650. The molecule has 1 amide bonds. The molecule has 0 radical (unpaired) electrons. The van der Waals surface area contributed by atoms with Crippen LogP contribution in [-0.2, 0) is 14.3 Å². The standard InChI is InChI=1S/C13H24N2O3/c1-13(12(14)16,15-10-2-3-10)6-9-18-11-4-7-17-8-5-11/h10-11,15H,2-9H2,1H3,(H2,14,16). The lowest BCUT2D eigenvalue weighted by Crippen LogP contribution is -2.54. The molecule has 2 fully saturated rings. The summed E-state index contributed by atoms with van der Waals surface area (Å²) in [5.41, 5.74) is 4.86. The lowest BCUT2D eigenvalue weighted by molar-refractivity contribution is -0.125. The van der Waals surface area contributed by atoms with Crippen LogP contribution in [0.15, 0.2) is 0 Å². The molecule has 5 heteroatoms. The number of amides is 1. The fourth-order valence-electron chi connectivity index (χ4n) is 2.22. The van der Waals surface area contributed by atoms with Gasteiger partial charge in [0.1, 0.15) is 0 Å². The van der Waals surface area contributed by atoms with E-state index in [1.807, 2.05) is 6.92 Å². The van der Waals surface area contributed by atoms with Gasteiger partial charge in [0.2, 0.25) is 5.91 Å². The van der Waals surface area contributed by atoms with Crippen molar-refractivity contribution in [3.8, 4) is 0 Å². The van der Waals surface area contributed by atoms with Gasteiger partial charge in [0, 0.05) is 25.9 Å². The molecule has 0 bridgehead atoms. The number of hydrogen-bond donors (Lipinski definition) is 2. The Bertz CT molecular complexity index is 288. The number of hydrogen-bond acceptors (Lipinski definition) is 4. The zero-order valence-corrected chi connectivity index (χ0v) is 11.1. The van der Waals surface area contributed by atoms with Crippen molar-refractivity contribution in [1.82, 2.24) is 5.32 Å². The molecule has 2 aliphatic rings. The van der Waals surface area contributed by atoms with Gasteiger partial charge in [0.05, 0.1) is 11.6 Å². The van der Waals surface area contributed by atoms with Gasteiger partial charge in [-0.2, -0.15) is 0 Å². The third kappa shape index (κ3) is 3.93. The summed E-state index contributed by atoms with van der Waals surface area (Å²) >= 11 is 0. The van der Waals surface area contributed by atoms with Crippen molar-refractivity contribution in [2.24, 2.45) is 5.73 Å². The van der Waals surface area contributed by atoms with Crippen molar-refractivity contribution >= 4 is 5.91 Å². The van der Waals surface area contributed by atoms with Crippen LogP contribution >= 0.6 is 0 Å². The Morgan fingerprint density at radius 2 is 2.06 bits per heavy atom. The van der Waals surface area contributed by atoms with E-state index >= 15 is 0 Å². The van der Waals surface area contributed by atoms with Crippen molar-refractivity contribution in [3.05, 3.63) is 0 Å². The molecule has 5 nitrogen and oxygen atoms in total. The Labute approximate surface area is 108 Å². The molecule has 0 aromatic carbocycles. The van der Waals surface area contributed by atoms with Crippen LogP contribution in [0.25, 0.3) is 0 Å². The minimum atomic E-state index is -0.633. The molecule has 1 aliphatic carbocycles. The van der Waals surface area contributed by atoms with Gasteiger partial charge in [0.25, 0.3) is 0 Å². The highest BCUT2D eigenvalue weighted by atomic mass is 16.5. The molecule has 1 atom stereocenters. The number of primary amides is 1. The van der Waals surface area contributed by atoms with E-state index in [0.717, 1.165) is 38.9 Å². The van der Waals surface area contributed by atoms with Gasteiger partial charge in [-0.3, -0.25) is 4.79 Å². The average Bonchev–Trinajstić information content (AvgIpc) is 3.14. The predicted octanol–water partition coefficient (Wildman–Crippen LogP) is 0.568. The second kappa shape index (κ2) is 5.99. The van der Waals surface area contributed by atoms with Crippen LogP contribution in [0.2, 0.25) is 0 Å². The van der Waals surface area contributed by atoms with Crippen LogP contribution in [0.5, 0.6) is 0 Å². The highest BCUT2D eigenvalue weighted by Gasteiger charge is 2.36. The quantitative estimate of drug-likeness (QED) is 0.698. The Morgan fingerprint density at radius 3 is 2.61 bits per heavy atom. The first kappa shape index (κ1) is 13.8. The molecule has 0 spiro atoms. The second-order valence-electron chi connectivity index (χ2n) is 5.55. The molecule has 1 aliphatic heterocycles. The smallest absolute Gasteiger partial charge is 0.237 e. The summed E-state index contributed by atoms with van der Waals surface area (Å²) in [5, 5.41) is 3.33. The highest BCUT2D eigenvalue weighted by Crippen LogP contribution is 2.24. The molecule has 2 rings (SSSR count). The molecule has 1 saturated heterocycles. The van der Waals surface area contributed by atoms with Gasteiger partial charge in [-0.15, -0.1) is 0 Å². The van der Waals surface area contributed by atoms with E-state index in [2.05, 4.69) is 5.32 Å². The fourth-order valence-corrected chi connectivity index (χ4v) is 2.22. The van der Waals surface area contributed by atoms with Crippen LogP contribution in [0, 0.1) is 0 Å². The van der Waals surface area contributed by atoms with E-state index in [1.165, 1.54) is 0 Å². The van der Waals surface area contributed by atoms with Crippen LogP contribution in [-0.4, -0.2) is 43.4 Å². The van der Waals surface area contributed by atoms with Crippen LogP contribution in [0.1, 0.15) is 39.0 Å². The second-order valence-corrected chi connectivity index (χ2v) is 5.55. The van der Waals surface area contributed by atoms with Gasteiger partial charge >= 0.3 is 0 Å². The van der Waals surface area contributed by atoms with Crippen molar-refractivity contribution in [1.29, 1.82) is 0 Å². The van der Waals surface area contributed by atoms with E-state index in [0.29, 0.717) is 19.1 Å². The molecular weight excluding hydrogens is 232 g/mol. The molecule has 1 saturated carbocycles. The molecule has 104 valence electrons. The van der Waals surface area contributed by atoms with Gasteiger partial charge < -0.3 is 20.5 Å². The lowest BCUT2D eigenvalue weighted by atomic mass is 9.97. The summed E-state index contributed by atoms with van der Waals surface area (Å²) in [6, 6.07) is 0.464. The normalized spacial score (nSPS) is 24.7. The SMILES string of the molecule is CC(CCOC1CCOCC1)(NC1CC1)C(N)=O. The lowest BCUT2D eigenvalue weighted by Gasteiger charge is -2.29. The maximum Gasteiger partial charge on any atom is 0.237 e. The average molecular weight is 256 g/mol. The first-order chi connectivity index (χ1) is 8.60. The summed E-state index contributed by atoms with van der Waals surface area (Å²) in [5.74, 6) is -0.287. The molecule has 1 unspecified atom stereocenters. The van der Waals surface area contributed by atoms with Gasteiger partial charge in [-0.1, -0.05) is 0 Å². The number of nitrogens with one attached hydrogen (secondary N) is 1. The number of ether oxygens (including phenoxy) is 2. The highest BCUT2D eigenvalue weighted by molar-refractivity contribution is 5.84. The first-order valence-electron chi connectivity index (χ1n) is 6.87. The molecule has 18 heavy (non-hydrogen) atoms. The Kier molecular flexibility index (Phi) is 4.59.